The molecule has 1 saturated heterocycles. The molecule has 43 heavy (non-hydrogen) atoms. The van der Waals surface area contributed by atoms with Crippen LogP contribution in [0.1, 0.15) is 181 Å². The number of cyclic esters (lactones) is 1. The topological polar surface area (TPSA) is 96.2 Å². The molecule has 0 aromatic carbocycles. The summed E-state index contributed by atoms with van der Waals surface area (Å²) < 4.78 is 11.2. The van der Waals surface area contributed by atoms with Crippen LogP contribution in [0.25, 0.3) is 0 Å². The number of rotatable bonds is 28. The number of carbonyl (C=O) groups is 1. The highest BCUT2D eigenvalue weighted by atomic mass is 16.5. The minimum absolute atomic E-state index is 0.0615. The maximum Gasteiger partial charge on any atom is 0.334 e. The van der Waals surface area contributed by atoms with Gasteiger partial charge >= 0.3 is 5.97 Å². The average Bonchev–Trinajstić information content (AvgIpc) is 3.61. The molecule has 0 radical (unpaired) electrons. The van der Waals surface area contributed by atoms with E-state index in [0.29, 0.717) is 6.42 Å². The summed E-state index contributed by atoms with van der Waals surface area (Å²) in [6.07, 6.45) is 29.0. The smallest absolute Gasteiger partial charge is 0.334 e. The summed E-state index contributed by atoms with van der Waals surface area (Å²) in [6.45, 7) is 4.16. The van der Waals surface area contributed by atoms with Gasteiger partial charge in [-0.05, 0) is 64.4 Å². The van der Waals surface area contributed by atoms with Gasteiger partial charge in [0.05, 0.1) is 30.5 Å². The quantitative estimate of drug-likeness (QED) is 0.0606. The predicted molar refractivity (Wildman–Crippen MR) is 176 cm³/mol. The Hall–Kier alpha value is -0.950. The van der Waals surface area contributed by atoms with Crippen LogP contribution in [0.2, 0.25) is 0 Å². The van der Waals surface area contributed by atoms with Crippen molar-refractivity contribution in [3.05, 3.63) is 11.6 Å². The molecular weight excluding hydrogens is 540 g/mol. The van der Waals surface area contributed by atoms with Gasteiger partial charge in [-0.1, -0.05) is 122 Å². The summed E-state index contributed by atoms with van der Waals surface area (Å²) in [7, 11) is 0. The highest BCUT2D eigenvalue weighted by Crippen LogP contribution is 2.28. The third-order valence-corrected chi connectivity index (χ3v) is 9.56. The van der Waals surface area contributed by atoms with Gasteiger partial charge in [0.1, 0.15) is 6.10 Å². The lowest BCUT2D eigenvalue weighted by molar-refractivity contribution is -0.139. The summed E-state index contributed by atoms with van der Waals surface area (Å²) in [6, 6.07) is 0. The first-order valence-corrected chi connectivity index (χ1v) is 18.5. The molecule has 0 aromatic heterocycles. The van der Waals surface area contributed by atoms with E-state index in [-0.39, 0.29) is 30.4 Å². The Kier molecular flexibility index (Phi) is 21.6. The molecule has 2 aliphatic rings. The Bertz CT molecular complexity index is 724. The van der Waals surface area contributed by atoms with Crippen molar-refractivity contribution < 1.29 is 29.6 Å². The van der Waals surface area contributed by atoms with Crippen molar-refractivity contribution in [3.63, 3.8) is 0 Å². The lowest BCUT2D eigenvalue weighted by Gasteiger charge is -2.22. The second kappa shape index (κ2) is 24.3. The van der Waals surface area contributed by atoms with Crippen molar-refractivity contribution in [1.82, 2.24) is 0 Å². The second-order valence-corrected chi connectivity index (χ2v) is 13.6. The molecule has 1 fully saturated rings. The van der Waals surface area contributed by atoms with E-state index >= 15 is 0 Å². The van der Waals surface area contributed by atoms with Crippen molar-refractivity contribution in [2.24, 2.45) is 0 Å². The summed E-state index contributed by atoms with van der Waals surface area (Å²) in [5, 5.41) is 31.6. The summed E-state index contributed by atoms with van der Waals surface area (Å²) >= 11 is 0. The normalized spacial score (nSPS) is 22.5. The zero-order valence-electron chi connectivity index (χ0n) is 28.0. The van der Waals surface area contributed by atoms with Crippen molar-refractivity contribution in [2.45, 2.75) is 217 Å². The van der Waals surface area contributed by atoms with Gasteiger partial charge in [0.25, 0.3) is 0 Å². The fourth-order valence-corrected chi connectivity index (χ4v) is 6.74. The fraction of sp³-hybridized carbons (Fsp3) is 0.919. The van der Waals surface area contributed by atoms with Gasteiger partial charge in [0.15, 0.2) is 0 Å². The van der Waals surface area contributed by atoms with Crippen LogP contribution >= 0.6 is 0 Å². The number of hydrogen-bond donors (Lipinski definition) is 3. The van der Waals surface area contributed by atoms with E-state index in [1.54, 1.807) is 0 Å². The van der Waals surface area contributed by atoms with Gasteiger partial charge in [-0.15, -0.1) is 0 Å². The molecule has 0 aromatic rings. The van der Waals surface area contributed by atoms with E-state index in [4.69, 9.17) is 9.47 Å². The van der Waals surface area contributed by atoms with Crippen LogP contribution in [-0.2, 0) is 14.3 Å². The molecule has 6 nitrogen and oxygen atoms in total. The van der Waals surface area contributed by atoms with Crippen LogP contribution in [0.3, 0.4) is 0 Å². The molecule has 6 heteroatoms. The van der Waals surface area contributed by atoms with Crippen LogP contribution in [0, 0.1) is 0 Å². The molecule has 2 rings (SSSR count). The zero-order chi connectivity index (χ0) is 31.1. The lowest BCUT2D eigenvalue weighted by atomic mass is 9.99. The molecular formula is C37H68O6. The van der Waals surface area contributed by atoms with Crippen molar-refractivity contribution in [3.8, 4) is 0 Å². The van der Waals surface area contributed by atoms with Crippen LogP contribution in [0.5, 0.6) is 0 Å². The molecule has 252 valence electrons. The molecule has 2 heterocycles. The highest BCUT2D eigenvalue weighted by molar-refractivity contribution is 5.90. The Morgan fingerprint density at radius 2 is 1.07 bits per heavy atom. The van der Waals surface area contributed by atoms with Crippen LogP contribution in [0.4, 0.5) is 0 Å². The van der Waals surface area contributed by atoms with Gasteiger partial charge in [-0.2, -0.15) is 0 Å². The van der Waals surface area contributed by atoms with Gasteiger partial charge in [-0.3, -0.25) is 0 Å². The number of hydrogen-bond acceptors (Lipinski definition) is 6. The molecule has 0 aliphatic carbocycles. The van der Waals surface area contributed by atoms with Gasteiger partial charge in [0.2, 0.25) is 0 Å². The van der Waals surface area contributed by atoms with E-state index in [0.717, 1.165) is 89.0 Å². The van der Waals surface area contributed by atoms with Crippen LogP contribution in [-0.4, -0.2) is 57.9 Å². The number of aliphatic hydroxyl groups is 3. The van der Waals surface area contributed by atoms with Gasteiger partial charge in [-0.25, -0.2) is 4.79 Å². The summed E-state index contributed by atoms with van der Waals surface area (Å²) in [5.74, 6) is -0.135. The standard InChI is InChI=1S/C37H68O6/c1-3-4-5-6-7-8-9-13-16-19-25-33(39)35-27-28-36(43-35)34(40)26-21-20-24-32(38)23-18-15-12-10-11-14-17-22-31-29-30(2)42-37(31)41/h29-30,32-36,38-40H,3-28H2,1-2H3. The summed E-state index contributed by atoms with van der Waals surface area (Å²) in [5.41, 5.74) is 0.848. The maximum atomic E-state index is 11.6. The predicted octanol–water partition coefficient (Wildman–Crippen LogP) is 8.87. The first-order chi connectivity index (χ1) is 20.9. The van der Waals surface area contributed by atoms with Crippen molar-refractivity contribution in [2.75, 3.05) is 0 Å². The molecule has 0 saturated carbocycles. The van der Waals surface area contributed by atoms with Crippen molar-refractivity contribution in [1.29, 1.82) is 0 Å². The van der Waals surface area contributed by atoms with E-state index in [2.05, 4.69) is 6.92 Å². The monoisotopic (exact) mass is 609 g/mol. The molecule has 3 N–H and O–H groups in total. The molecule has 6 unspecified atom stereocenters. The Balaban J connectivity index is 1.36. The zero-order valence-corrected chi connectivity index (χ0v) is 28.0. The average molecular weight is 609 g/mol. The van der Waals surface area contributed by atoms with E-state index in [1.165, 1.54) is 77.0 Å². The van der Waals surface area contributed by atoms with E-state index in [1.807, 2.05) is 13.0 Å². The fourth-order valence-electron chi connectivity index (χ4n) is 6.74. The summed E-state index contributed by atoms with van der Waals surface area (Å²) in [4.78, 5) is 11.6. The highest BCUT2D eigenvalue weighted by Gasteiger charge is 2.34. The lowest BCUT2D eigenvalue weighted by Crippen LogP contribution is -2.31. The Morgan fingerprint density at radius 3 is 1.56 bits per heavy atom. The van der Waals surface area contributed by atoms with Gasteiger partial charge < -0.3 is 24.8 Å². The second-order valence-electron chi connectivity index (χ2n) is 13.6. The number of esters is 1. The molecule has 6 atom stereocenters. The van der Waals surface area contributed by atoms with Crippen LogP contribution < -0.4 is 0 Å². The third kappa shape index (κ3) is 18.0. The number of carbonyl (C=O) groups excluding carboxylic acids is 1. The first-order valence-electron chi connectivity index (χ1n) is 18.5. The molecule has 2 aliphatic heterocycles. The number of aliphatic hydroxyl groups excluding tert-OH is 3. The van der Waals surface area contributed by atoms with E-state index < -0.39 is 12.2 Å². The van der Waals surface area contributed by atoms with Crippen LogP contribution in [0.15, 0.2) is 11.6 Å². The number of unbranched alkanes of at least 4 members (excludes halogenated alkanes) is 16. The third-order valence-electron chi connectivity index (χ3n) is 9.56. The van der Waals surface area contributed by atoms with Crippen molar-refractivity contribution >= 4 is 5.97 Å². The molecule has 0 spiro atoms. The minimum Gasteiger partial charge on any atom is -0.455 e. The maximum absolute atomic E-state index is 11.6. The Labute approximate surface area is 264 Å². The van der Waals surface area contributed by atoms with E-state index in [9.17, 15) is 20.1 Å². The molecule has 0 amide bonds. The molecule has 0 bridgehead atoms. The van der Waals surface area contributed by atoms with Gasteiger partial charge in [0, 0.05) is 5.57 Å². The SMILES string of the molecule is CCCCCCCCCCCCC(O)C1CCC(C(O)CCCCC(O)CCCCCCCCCC2=CC(C)OC2=O)O1. The number of ether oxygens (including phenoxy) is 2. The Morgan fingerprint density at radius 1 is 0.651 bits per heavy atom. The first kappa shape index (κ1) is 38.2. The largest absolute Gasteiger partial charge is 0.455 e. The minimum atomic E-state index is -0.473.